The van der Waals surface area contributed by atoms with Crippen molar-refractivity contribution in [3.63, 3.8) is 0 Å². The third kappa shape index (κ3) is 2.49. The molecule has 5 heteroatoms. The molecule has 2 aliphatic rings. The SMILES string of the molecule is F[B-](F)(F)c1ccc(C2CCC23CCC3)cc1.[K+]. The summed E-state index contributed by atoms with van der Waals surface area (Å²) < 4.78 is 37.5. The van der Waals surface area contributed by atoms with Gasteiger partial charge in [-0.25, -0.2) is 0 Å². The zero-order valence-electron chi connectivity index (χ0n) is 10.6. The number of rotatable bonds is 2. The maximum atomic E-state index is 12.5. The van der Waals surface area contributed by atoms with Gasteiger partial charge in [0.25, 0.3) is 0 Å². The molecule has 0 saturated heterocycles. The Balaban J connectivity index is 0.00000120. The molecule has 92 valence electrons. The molecule has 3 rings (SSSR count). The van der Waals surface area contributed by atoms with Crippen molar-refractivity contribution in [1.29, 1.82) is 0 Å². The van der Waals surface area contributed by atoms with Gasteiger partial charge in [-0.1, -0.05) is 30.7 Å². The minimum Gasteiger partial charge on any atom is -0.445 e. The number of hydrogen-bond donors (Lipinski definition) is 0. The Kier molecular flexibility index (Phi) is 4.40. The average molecular weight is 278 g/mol. The smallest absolute Gasteiger partial charge is 0.445 e. The van der Waals surface area contributed by atoms with E-state index in [1.165, 1.54) is 37.8 Å². The van der Waals surface area contributed by atoms with Gasteiger partial charge in [0, 0.05) is 0 Å². The summed E-state index contributed by atoms with van der Waals surface area (Å²) in [6.45, 7) is -4.84. The Morgan fingerprint density at radius 2 is 1.61 bits per heavy atom. The van der Waals surface area contributed by atoms with E-state index in [0.717, 1.165) is 12.0 Å². The molecule has 1 unspecified atom stereocenters. The summed E-state index contributed by atoms with van der Waals surface area (Å²) in [4.78, 5) is 0. The monoisotopic (exact) mass is 278 g/mol. The molecule has 0 bridgehead atoms. The summed E-state index contributed by atoms with van der Waals surface area (Å²) in [7, 11) is 0. The fourth-order valence-corrected chi connectivity index (χ4v) is 3.39. The van der Waals surface area contributed by atoms with Crippen molar-refractivity contribution in [3.05, 3.63) is 29.8 Å². The molecule has 0 aliphatic heterocycles. The van der Waals surface area contributed by atoms with Crippen molar-refractivity contribution in [1.82, 2.24) is 0 Å². The molecule has 1 spiro atoms. The first kappa shape index (κ1) is 15.1. The van der Waals surface area contributed by atoms with Crippen molar-refractivity contribution in [3.8, 4) is 0 Å². The van der Waals surface area contributed by atoms with Gasteiger partial charge in [-0.3, -0.25) is 0 Å². The Morgan fingerprint density at radius 1 is 1.00 bits per heavy atom. The minimum atomic E-state index is -4.84. The second-order valence-corrected chi connectivity index (χ2v) is 5.55. The van der Waals surface area contributed by atoms with Crippen LogP contribution in [0.4, 0.5) is 12.9 Å². The summed E-state index contributed by atoms with van der Waals surface area (Å²) in [5.41, 5.74) is 1.10. The molecule has 18 heavy (non-hydrogen) atoms. The zero-order chi connectivity index (χ0) is 12.1. The van der Waals surface area contributed by atoms with Crippen LogP contribution in [0.2, 0.25) is 0 Å². The number of benzene rings is 1. The van der Waals surface area contributed by atoms with Crippen molar-refractivity contribution in [2.24, 2.45) is 5.41 Å². The first-order valence-electron chi connectivity index (χ1n) is 6.31. The van der Waals surface area contributed by atoms with E-state index in [2.05, 4.69) is 0 Å². The molecule has 0 nitrogen and oxygen atoms in total. The second kappa shape index (κ2) is 5.24. The standard InChI is InChI=1S/C13H15BF3.K/c15-14(16,17)11-4-2-10(3-5-11)12-6-9-13(12)7-1-8-13;/h2-5,12H,1,6-9H2;/q-1;+1. The molecule has 1 aromatic carbocycles. The topological polar surface area (TPSA) is 0 Å². The van der Waals surface area contributed by atoms with Gasteiger partial charge in [0.15, 0.2) is 0 Å². The first-order valence-corrected chi connectivity index (χ1v) is 6.31. The largest absolute Gasteiger partial charge is 1.00 e. The van der Waals surface area contributed by atoms with Gasteiger partial charge in [-0.05, 0) is 42.6 Å². The van der Waals surface area contributed by atoms with Crippen LogP contribution in [0.15, 0.2) is 24.3 Å². The van der Waals surface area contributed by atoms with E-state index in [-0.39, 0.29) is 51.4 Å². The quantitative estimate of drug-likeness (QED) is 0.702. The Morgan fingerprint density at radius 3 is 1.94 bits per heavy atom. The fraction of sp³-hybridized carbons (Fsp3) is 0.538. The summed E-state index contributed by atoms with van der Waals surface area (Å²) in [6.07, 6.45) is 6.24. The maximum Gasteiger partial charge on any atom is 1.00 e. The Bertz CT molecular complexity index is 417. The summed E-state index contributed by atoms with van der Waals surface area (Å²) in [5, 5.41) is 0. The van der Waals surface area contributed by atoms with Gasteiger partial charge in [-0.15, -0.1) is 5.46 Å². The van der Waals surface area contributed by atoms with Crippen LogP contribution in [0.25, 0.3) is 0 Å². The molecule has 0 aromatic heterocycles. The van der Waals surface area contributed by atoms with Crippen molar-refractivity contribution in [2.75, 3.05) is 0 Å². The molecule has 0 radical (unpaired) electrons. The number of halogens is 3. The van der Waals surface area contributed by atoms with Gasteiger partial charge >= 0.3 is 58.4 Å². The molecular weight excluding hydrogens is 263 g/mol. The molecule has 0 amide bonds. The first-order chi connectivity index (χ1) is 8.01. The van der Waals surface area contributed by atoms with Crippen LogP contribution in [0, 0.1) is 5.41 Å². The Labute approximate surface area is 148 Å². The molecule has 2 saturated carbocycles. The molecular formula is C13H15BF3K. The number of hydrogen-bond acceptors (Lipinski definition) is 0. The third-order valence-corrected chi connectivity index (χ3v) is 4.74. The van der Waals surface area contributed by atoms with Crippen molar-refractivity contribution < 1.29 is 64.3 Å². The average Bonchev–Trinajstić information content (AvgIpc) is 2.13. The van der Waals surface area contributed by atoms with Crippen LogP contribution in [0.5, 0.6) is 0 Å². The van der Waals surface area contributed by atoms with E-state index in [1.54, 1.807) is 12.1 Å². The van der Waals surface area contributed by atoms with Gasteiger partial charge in [0.05, 0.1) is 0 Å². The van der Waals surface area contributed by atoms with E-state index >= 15 is 0 Å². The van der Waals surface area contributed by atoms with Crippen LogP contribution in [0.3, 0.4) is 0 Å². The van der Waals surface area contributed by atoms with Crippen molar-refractivity contribution >= 4 is 12.4 Å². The summed E-state index contributed by atoms with van der Waals surface area (Å²) in [6, 6.07) is 5.88. The molecule has 1 atom stereocenters. The summed E-state index contributed by atoms with van der Waals surface area (Å²) >= 11 is 0. The molecule has 2 aliphatic carbocycles. The Hall–Kier alpha value is 0.711. The van der Waals surface area contributed by atoms with E-state index in [9.17, 15) is 12.9 Å². The van der Waals surface area contributed by atoms with Crippen LogP contribution in [-0.4, -0.2) is 6.98 Å². The fourth-order valence-electron chi connectivity index (χ4n) is 3.39. The van der Waals surface area contributed by atoms with Crippen molar-refractivity contribution in [2.45, 2.75) is 38.0 Å². The second-order valence-electron chi connectivity index (χ2n) is 5.55. The van der Waals surface area contributed by atoms with E-state index in [1.807, 2.05) is 0 Å². The van der Waals surface area contributed by atoms with Crippen LogP contribution in [-0.2, 0) is 0 Å². The third-order valence-electron chi connectivity index (χ3n) is 4.74. The van der Waals surface area contributed by atoms with Crippen LogP contribution in [0.1, 0.15) is 43.6 Å². The minimum absolute atomic E-state index is 0. The van der Waals surface area contributed by atoms with Crippen LogP contribution >= 0.6 is 0 Å². The molecule has 2 fully saturated rings. The molecule has 0 heterocycles. The van der Waals surface area contributed by atoms with Gasteiger partial charge in [0.2, 0.25) is 0 Å². The normalized spacial score (nSPS) is 24.9. The summed E-state index contributed by atoms with van der Waals surface area (Å²) in [5.74, 6) is 0.519. The van der Waals surface area contributed by atoms with E-state index < -0.39 is 12.4 Å². The van der Waals surface area contributed by atoms with Gasteiger partial charge in [-0.2, -0.15) is 0 Å². The van der Waals surface area contributed by atoms with Gasteiger partial charge < -0.3 is 12.9 Å². The van der Waals surface area contributed by atoms with Crippen LogP contribution < -0.4 is 56.8 Å². The van der Waals surface area contributed by atoms with E-state index in [4.69, 9.17) is 0 Å². The van der Waals surface area contributed by atoms with Gasteiger partial charge in [0.1, 0.15) is 0 Å². The van der Waals surface area contributed by atoms with E-state index in [0.29, 0.717) is 11.3 Å². The zero-order valence-corrected chi connectivity index (χ0v) is 13.8. The predicted molar refractivity (Wildman–Crippen MR) is 63.4 cm³/mol. The molecule has 0 N–H and O–H groups in total. The predicted octanol–water partition coefficient (Wildman–Crippen LogP) is 0.793. The maximum absolute atomic E-state index is 12.5. The molecule has 1 aromatic rings.